The summed E-state index contributed by atoms with van der Waals surface area (Å²) in [4.78, 5) is 0. The van der Waals surface area contributed by atoms with Crippen molar-refractivity contribution < 1.29 is 0 Å². The summed E-state index contributed by atoms with van der Waals surface area (Å²) in [6, 6.07) is 8.36. The van der Waals surface area contributed by atoms with Crippen LogP contribution in [-0.2, 0) is 11.9 Å². The molecule has 1 fully saturated rings. The number of nitriles is 1. The SMILES string of the molecule is CB(C#N)C1(c2cccc(CN)c2)CC1.CC. The van der Waals surface area contributed by atoms with Gasteiger partial charge in [0.15, 0.2) is 0 Å². The second kappa shape index (κ2) is 5.88. The van der Waals surface area contributed by atoms with Gasteiger partial charge in [-0.2, -0.15) is 0 Å². The molecule has 1 aliphatic carbocycles. The van der Waals surface area contributed by atoms with Crippen LogP contribution in [0.15, 0.2) is 24.3 Å². The first-order valence-electron chi connectivity index (χ1n) is 6.42. The molecule has 90 valence electrons. The maximum Gasteiger partial charge on any atom is 0.275 e. The fourth-order valence-electron chi connectivity index (χ4n) is 2.24. The zero-order valence-corrected chi connectivity index (χ0v) is 11.0. The molecule has 0 amide bonds. The van der Waals surface area contributed by atoms with E-state index in [2.05, 4.69) is 18.1 Å². The summed E-state index contributed by atoms with van der Waals surface area (Å²) >= 11 is 0. The molecule has 1 aromatic rings. The Morgan fingerprint density at radius 1 is 1.41 bits per heavy atom. The number of nitrogens with zero attached hydrogens (tertiary/aromatic N) is 1. The van der Waals surface area contributed by atoms with Crippen LogP contribution in [0.3, 0.4) is 0 Å². The molecular formula is C14H21BN2. The van der Waals surface area contributed by atoms with Crippen LogP contribution in [0.2, 0.25) is 6.82 Å². The van der Waals surface area contributed by atoms with Crippen molar-refractivity contribution in [3.63, 3.8) is 0 Å². The van der Waals surface area contributed by atoms with Gasteiger partial charge in [0.1, 0.15) is 0 Å². The van der Waals surface area contributed by atoms with Crippen molar-refractivity contribution in [2.75, 3.05) is 0 Å². The molecule has 0 heterocycles. The lowest BCUT2D eigenvalue weighted by Crippen LogP contribution is -2.26. The average Bonchev–Trinajstić information content (AvgIpc) is 3.22. The largest absolute Gasteiger partial charge is 0.326 e. The fraction of sp³-hybridized carbons (Fsp3) is 0.500. The molecule has 0 radical (unpaired) electrons. The van der Waals surface area contributed by atoms with E-state index in [1.807, 2.05) is 32.8 Å². The highest BCUT2D eigenvalue weighted by Gasteiger charge is 2.51. The summed E-state index contributed by atoms with van der Waals surface area (Å²) in [5.74, 6) is 2.37. The number of hydrogen-bond donors (Lipinski definition) is 1. The fourth-order valence-corrected chi connectivity index (χ4v) is 2.24. The first-order valence-corrected chi connectivity index (χ1v) is 6.42. The summed E-state index contributed by atoms with van der Waals surface area (Å²) in [6.45, 7) is 6.69. The topological polar surface area (TPSA) is 49.8 Å². The first-order chi connectivity index (χ1) is 8.23. The van der Waals surface area contributed by atoms with Gasteiger partial charge in [0.25, 0.3) is 6.71 Å². The van der Waals surface area contributed by atoms with Crippen LogP contribution < -0.4 is 5.73 Å². The molecule has 0 saturated heterocycles. The normalized spacial score (nSPS) is 15.2. The minimum Gasteiger partial charge on any atom is -0.326 e. The number of benzene rings is 1. The second-order valence-electron chi connectivity index (χ2n) is 4.41. The molecule has 2 rings (SSSR count). The molecule has 0 aliphatic heterocycles. The Kier molecular flexibility index (Phi) is 4.78. The van der Waals surface area contributed by atoms with Gasteiger partial charge >= 0.3 is 0 Å². The number of hydrogen-bond acceptors (Lipinski definition) is 2. The monoisotopic (exact) mass is 228 g/mol. The van der Waals surface area contributed by atoms with Gasteiger partial charge in [0, 0.05) is 12.5 Å². The van der Waals surface area contributed by atoms with Crippen molar-refractivity contribution in [1.82, 2.24) is 0 Å². The van der Waals surface area contributed by atoms with Crippen LogP contribution in [0.25, 0.3) is 0 Å². The van der Waals surface area contributed by atoms with Crippen molar-refractivity contribution >= 4 is 6.71 Å². The maximum atomic E-state index is 9.02. The molecule has 1 aliphatic rings. The van der Waals surface area contributed by atoms with Gasteiger partial charge in [-0.3, -0.25) is 0 Å². The second-order valence-corrected chi connectivity index (χ2v) is 4.41. The Morgan fingerprint density at radius 2 is 2.06 bits per heavy atom. The maximum absolute atomic E-state index is 9.02. The summed E-state index contributed by atoms with van der Waals surface area (Å²) in [5.41, 5.74) is 8.07. The van der Waals surface area contributed by atoms with Gasteiger partial charge in [0.05, 0.1) is 0 Å². The Balaban J connectivity index is 0.000000686. The molecule has 3 heteroatoms. The van der Waals surface area contributed by atoms with Crippen molar-refractivity contribution in [3.8, 4) is 5.97 Å². The van der Waals surface area contributed by atoms with Gasteiger partial charge in [-0.05, 0) is 29.3 Å². The summed E-state index contributed by atoms with van der Waals surface area (Å²) in [5, 5.41) is 9.15. The van der Waals surface area contributed by atoms with Crippen molar-refractivity contribution in [2.45, 2.75) is 45.4 Å². The minimum absolute atomic E-state index is 0.102. The minimum atomic E-state index is 0.102. The van der Waals surface area contributed by atoms with E-state index in [0.29, 0.717) is 6.54 Å². The van der Waals surface area contributed by atoms with E-state index < -0.39 is 0 Å². The van der Waals surface area contributed by atoms with Crippen LogP contribution in [0, 0.1) is 11.2 Å². The van der Waals surface area contributed by atoms with Gasteiger partial charge in [-0.1, -0.05) is 44.9 Å². The zero-order chi connectivity index (χ0) is 12.9. The highest BCUT2D eigenvalue weighted by atomic mass is 14.5. The van der Waals surface area contributed by atoms with E-state index in [9.17, 15) is 0 Å². The van der Waals surface area contributed by atoms with Crippen molar-refractivity contribution in [2.24, 2.45) is 5.73 Å². The molecule has 1 saturated carbocycles. The van der Waals surface area contributed by atoms with Crippen molar-refractivity contribution in [3.05, 3.63) is 35.4 Å². The van der Waals surface area contributed by atoms with Gasteiger partial charge in [-0.15, -0.1) is 0 Å². The Bertz CT molecular complexity index is 405. The Morgan fingerprint density at radius 3 is 2.53 bits per heavy atom. The van der Waals surface area contributed by atoms with Gasteiger partial charge in [-0.25, -0.2) is 5.26 Å². The highest BCUT2D eigenvalue weighted by molar-refractivity contribution is 6.69. The molecule has 0 atom stereocenters. The summed E-state index contributed by atoms with van der Waals surface area (Å²) in [7, 11) is 0. The highest BCUT2D eigenvalue weighted by Crippen LogP contribution is 2.50. The summed E-state index contributed by atoms with van der Waals surface area (Å²) < 4.78 is 0. The molecule has 2 nitrogen and oxygen atoms in total. The predicted molar refractivity (Wildman–Crippen MR) is 73.8 cm³/mol. The third-order valence-electron chi connectivity index (χ3n) is 3.55. The predicted octanol–water partition coefficient (Wildman–Crippen LogP) is 2.93. The first kappa shape index (κ1) is 13.8. The van der Waals surface area contributed by atoms with Crippen LogP contribution in [0.5, 0.6) is 0 Å². The Labute approximate surface area is 105 Å². The van der Waals surface area contributed by atoms with E-state index >= 15 is 0 Å². The molecule has 2 N–H and O–H groups in total. The smallest absolute Gasteiger partial charge is 0.275 e. The quantitative estimate of drug-likeness (QED) is 0.808. The van der Waals surface area contributed by atoms with E-state index in [1.54, 1.807) is 0 Å². The van der Waals surface area contributed by atoms with Crippen LogP contribution in [0.1, 0.15) is 37.8 Å². The molecule has 1 aromatic carbocycles. The number of rotatable bonds is 3. The summed E-state index contributed by atoms with van der Waals surface area (Å²) in [6.07, 6.45) is 2.27. The lowest BCUT2D eigenvalue weighted by atomic mass is 9.40. The van der Waals surface area contributed by atoms with E-state index in [0.717, 1.165) is 18.4 Å². The number of nitrogens with two attached hydrogens (primary N) is 1. The molecule has 0 aromatic heterocycles. The van der Waals surface area contributed by atoms with Crippen molar-refractivity contribution in [1.29, 1.82) is 5.26 Å². The van der Waals surface area contributed by atoms with E-state index in [-0.39, 0.29) is 12.0 Å². The molecule has 17 heavy (non-hydrogen) atoms. The van der Waals surface area contributed by atoms with E-state index in [4.69, 9.17) is 11.0 Å². The zero-order valence-electron chi connectivity index (χ0n) is 11.0. The van der Waals surface area contributed by atoms with Gasteiger partial charge in [0.2, 0.25) is 0 Å². The lowest BCUT2D eigenvalue weighted by molar-refractivity contribution is 0.964. The standard InChI is InChI=1S/C12H15BN2.C2H6/c1-13(9-15)12(5-6-12)11-4-2-3-10(7-11)8-14;1-2/h2-4,7H,5-6,8,14H2,1H3;1-2H3. The molecular weight excluding hydrogens is 207 g/mol. The molecule has 0 bridgehead atoms. The molecule has 0 unspecified atom stereocenters. The third-order valence-corrected chi connectivity index (χ3v) is 3.55. The average molecular weight is 228 g/mol. The van der Waals surface area contributed by atoms with Crippen LogP contribution in [0.4, 0.5) is 0 Å². The third kappa shape index (κ3) is 2.70. The van der Waals surface area contributed by atoms with Crippen LogP contribution in [-0.4, -0.2) is 6.71 Å². The van der Waals surface area contributed by atoms with E-state index in [1.165, 1.54) is 5.56 Å². The van der Waals surface area contributed by atoms with Gasteiger partial charge < -0.3 is 5.73 Å². The lowest BCUT2D eigenvalue weighted by Gasteiger charge is -2.16. The van der Waals surface area contributed by atoms with Crippen LogP contribution >= 0.6 is 0 Å². The Hall–Kier alpha value is -1.27. The molecule has 0 spiro atoms.